The molecule has 1 saturated heterocycles. The van der Waals surface area contributed by atoms with Crippen molar-refractivity contribution in [1.29, 1.82) is 0 Å². The third-order valence-corrected chi connectivity index (χ3v) is 9.19. The summed E-state index contributed by atoms with van der Waals surface area (Å²) in [6.45, 7) is 8.68. The largest absolute Gasteiger partial charge is 0.375 e. The molecule has 28 heavy (non-hydrogen) atoms. The molecule has 154 valence electrons. The Kier molecular flexibility index (Phi) is 5.27. The molecule has 4 nitrogen and oxygen atoms in total. The van der Waals surface area contributed by atoms with Gasteiger partial charge in [0.1, 0.15) is 0 Å². The number of thiophene rings is 1. The number of fused-ring (bicyclic) bond motifs is 1. The van der Waals surface area contributed by atoms with Crippen LogP contribution in [0.5, 0.6) is 0 Å². The lowest BCUT2D eigenvalue weighted by atomic mass is 9.76. The summed E-state index contributed by atoms with van der Waals surface area (Å²) in [7, 11) is 0. The fourth-order valence-electron chi connectivity index (χ4n) is 5.49. The maximum absolute atomic E-state index is 12.3. The van der Waals surface area contributed by atoms with E-state index < -0.39 is 0 Å². The van der Waals surface area contributed by atoms with E-state index in [0.29, 0.717) is 12.0 Å². The molecule has 0 spiro atoms. The Balaban J connectivity index is 1.14. The highest BCUT2D eigenvalue weighted by Crippen LogP contribution is 2.43. The van der Waals surface area contributed by atoms with Crippen LogP contribution in [0.2, 0.25) is 0 Å². The Morgan fingerprint density at radius 2 is 1.93 bits per heavy atom. The normalized spacial score (nSPS) is 29.9. The molecule has 5 rings (SSSR count). The van der Waals surface area contributed by atoms with Gasteiger partial charge in [-0.2, -0.15) is 0 Å². The van der Waals surface area contributed by atoms with Gasteiger partial charge >= 0.3 is 0 Å². The first-order valence-corrected chi connectivity index (χ1v) is 12.2. The van der Waals surface area contributed by atoms with Crippen LogP contribution in [0.15, 0.2) is 0 Å². The molecule has 0 aromatic carbocycles. The number of rotatable bonds is 6. The standard InChI is InChI=1S/C23H34N2O2S/c1-14(22-15(2)21-20(28-22)9-10-24-23(21)26)17-5-7-18(8-6-17)25-11-19(12-25)27-13-16-3-4-16/h14,16-19H,3-13H2,1-2H3,(H,24,26). The molecule has 1 amide bonds. The summed E-state index contributed by atoms with van der Waals surface area (Å²) < 4.78 is 6.03. The lowest BCUT2D eigenvalue weighted by Crippen LogP contribution is -2.57. The summed E-state index contributed by atoms with van der Waals surface area (Å²) in [4.78, 5) is 17.7. The van der Waals surface area contributed by atoms with Crippen molar-refractivity contribution in [2.24, 2.45) is 11.8 Å². The molecule has 1 N–H and O–H groups in total. The Morgan fingerprint density at radius 1 is 1.18 bits per heavy atom. The maximum Gasteiger partial charge on any atom is 0.252 e. The van der Waals surface area contributed by atoms with Gasteiger partial charge in [-0.15, -0.1) is 11.3 Å². The zero-order chi connectivity index (χ0) is 19.3. The fraction of sp³-hybridized carbons (Fsp3) is 0.783. The number of nitrogens with zero attached hydrogens (tertiary/aromatic N) is 1. The zero-order valence-electron chi connectivity index (χ0n) is 17.3. The molecule has 1 aromatic rings. The van der Waals surface area contributed by atoms with Gasteiger partial charge in [0.2, 0.25) is 0 Å². The predicted molar refractivity (Wildman–Crippen MR) is 113 cm³/mol. The van der Waals surface area contributed by atoms with Gasteiger partial charge < -0.3 is 10.1 Å². The van der Waals surface area contributed by atoms with Crippen molar-refractivity contribution in [2.75, 3.05) is 26.2 Å². The lowest BCUT2D eigenvalue weighted by molar-refractivity contribution is -0.0820. The molecule has 1 aromatic heterocycles. The van der Waals surface area contributed by atoms with E-state index in [1.54, 1.807) is 0 Å². The highest BCUT2D eigenvalue weighted by Gasteiger charge is 2.37. The molecule has 1 atom stereocenters. The van der Waals surface area contributed by atoms with Crippen molar-refractivity contribution in [3.05, 3.63) is 20.9 Å². The van der Waals surface area contributed by atoms with Gasteiger partial charge in [0.05, 0.1) is 11.7 Å². The number of nitrogens with one attached hydrogen (secondary N) is 1. The average molecular weight is 403 g/mol. The highest BCUT2D eigenvalue weighted by molar-refractivity contribution is 7.12. The van der Waals surface area contributed by atoms with E-state index in [9.17, 15) is 4.79 Å². The van der Waals surface area contributed by atoms with Crippen molar-refractivity contribution >= 4 is 17.2 Å². The molecule has 3 fully saturated rings. The van der Waals surface area contributed by atoms with Gasteiger partial charge in [0, 0.05) is 42.0 Å². The second kappa shape index (κ2) is 7.73. The van der Waals surface area contributed by atoms with Gasteiger partial charge in [-0.3, -0.25) is 9.69 Å². The van der Waals surface area contributed by atoms with Gasteiger partial charge in [0.25, 0.3) is 5.91 Å². The quantitative estimate of drug-likeness (QED) is 0.778. The van der Waals surface area contributed by atoms with Gasteiger partial charge in [0.15, 0.2) is 0 Å². The minimum atomic E-state index is 0.147. The molecule has 2 aliphatic carbocycles. The number of likely N-dealkylation sites (tertiary alicyclic amines) is 1. The maximum atomic E-state index is 12.3. The Bertz CT molecular complexity index is 727. The van der Waals surface area contributed by atoms with Crippen molar-refractivity contribution in [3.8, 4) is 0 Å². The third kappa shape index (κ3) is 3.66. The number of ether oxygens (including phenoxy) is 1. The second-order valence-electron chi connectivity index (χ2n) is 9.61. The van der Waals surface area contributed by atoms with E-state index in [-0.39, 0.29) is 5.91 Å². The summed E-state index contributed by atoms with van der Waals surface area (Å²) in [6, 6.07) is 0.771. The van der Waals surface area contributed by atoms with Crippen LogP contribution in [0, 0.1) is 18.8 Å². The number of hydrogen-bond donors (Lipinski definition) is 1. The summed E-state index contributed by atoms with van der Waals surface area (Å²) in [5.74, 6) is 2.37. The molecule has 0 radical (unpaired) electrons. The van der Waals surface area contributed by atoms with Crippen molar-refractivity contribution in [2.45, 2.75) is 76.9 Å². The minimum absolute atomic E-state index is 0.147. The third-order valence-electron chi connectivity index (χ3n) is 7.64. The first-order valence-electron chi connectivity index (χ1n) is 11.4. The summed E-state index contributed by atoms with van der Waals surface area (Å²) in [5.41, 5.74) is 2.25. The van der Waals surface area contributed by atoms with Crippen LogP contribution in [-0.4, -0.2) is 49.2 Å². The van der Waals surface area contributed by atoms with Gasteiger partial charge in [-0.05, 0) is 75.2 Å². The molecule has 0 bridgehead atoms. The van der Waals surface area contributed by atoms with Crippen LogP contribution < -0.4 is 5.32 Å². The first-order chi connectivity index (χ1) is 13.6. The highest BCUT2D eigenvalue weighted by atomic mass is 32.1. The molecular weight excluding hydrogens is 368 g/mol. The first kappa shape index (κ1) is 19.1. The monoisotopic (exact) mass is 402 g/mol. The van der Waals surface area contributed by atoms with E-state index in [2.05, 4.69) is 24.1 Å². The average Bonchev–Trinajstić information content (AvgIpc) is 3.43. The van der Waals surface area contributed by atoms with E-state index in [4.69, 9.17) is 4.74 Å². The van der Waals surface area contributed by atoms with Crippen molar-refractivity contribution < 1.29 is 9.53 Å². The minimum Gasteiger partial charge on any atom is -0.375 e. The number of amides is 1. The molecule has 1 unspecified atom stereocenters. The molecule has 4 aliphatic rings. The zero-order valence-corrected chi connectivity index (χ0v) is 18.2. The summed E-state index contributed by atoms with van der Waals surface area (Å²) in [5, 5.41) is 3.02. The topological polar surface area (TPSA) is 41.6 Å². The van der Waals surface area contributed by atoms with E-state index >= 15 is 0 Å². The predicted octanol–water partition coefficient (Wildman–Crippen LogP) is 4.12. The SMILES string of the molecule is Cc1c(C(C)C2CCC(N3CC(OCC4CC4)C3)CC2)sc2c1C(=O)NCC2. The molecule has 3 heterocycles. The second-order valence-corrected chi connectivity index (χ2v) is 10.7. The van der Waals surface area contributed by atoms with Crippen LogP contribution in [0.3, 0.4) is 0 Å². The van der Waals surface area contributed by atoms with E-state index in [1.807, 2.05) is 11.3 Å². The summed E-state index contributed by atoms with van der Waals surface area (Å²) in [6.07, 6.45) is 9.58. The fourth-order valence-corrected chi connectivity index (χ4v) is 6.94. The van der Waals surface area contributed by atoms with Gasteiger partial charge in [-0.25, -0.2) is 0 Å². The molecule has 2 saturated carbocycles. The van der Waals surface area contributed by atoms with Crippen LogP contribution in [-0.2, 0) is 11.2 Å². The van der Waals surface area contributed by atoms with Crippen molar-refractivity contribution in [1.82, 2.24) is 10.2 Å². The van der Waals surface area contributed by atoms with Crippen LogP contribution in [0.4, 0.5) is 0 Å². The number of carbonyl (C=O) groups excluding carboxylic acids is 1. The Hall–Kier alpha value is -0.910. The number of hydrogen-bond acceptors (Lipinski definition) is 4. The molecule has 2 aliphatic heterocycles. The van der Waals surface area contributed by atoms with Crippen LogP contribution >= 0.6 is 11.3 Å². The van der Waals surface area contributed by atoms with E-state index in [0.717, 1.165) is 56.1 Å². The Morgan fingerprint density at radius 3 is 2.61 bits per heavy atom. The van der Waals surface area contributed by atoms with E-state index in [1.165, 1.54) is 53.8 Å². The molecule has 5 heteroatoms. The smallest absolute Gasteiger partial charge is 0.252 e. The van der Waals surface area contributed by atoms with Crippen LogP contribution in [0.1, 0.15) is 77.0 Å². The Labute approximate surface area is 173 Å². The number of carbonyl (C=O) groups is 1. The summed E-state index contributed by atoms with van der Waals surface area (Å²) >= 11 is 1.92. The lowest BCUT2D eigenvalue weighted by Gasteiger charge is -2.46. The van der Waals surface area contributed by atoms with Gasteiger partial charge in [-0.1, -0.05) is 6.92 Å². The van der Waals surface area contributed by atoms with Crippen molar-refractivity contribution in [3.63, 3.8) is 0 Å². The molecular formula is C23H34N2O2S. The van der Waals surface area contributed by atoms with Crippen LogP contribution in [0.25, 0.3) is 0 Å².